The summed E-state index contributed by atoms with van der Waals surface area (Å²) in [4.78, 5) is 0. The molecule has 2 heteroatoms. The van der Waals surface area contributed by atoms with Gasteiger partial charge in [-0.25, -0.2) is 0 Å². The normalized spacial score (nSPS) is 12.6. The quantitative estimate of drug-likeness (QED) is 0.709. The van der Waals surface area contributed by atoms with E-state index in [2.05, 4.69) is 32.2 Å². The van der Waals surface area contributed by atoms with Gasteiger partial charge in [-0.05, 0) is 25.7 Å². The maximum Gasteiger partial charge on any atom is 0.0697 e. The van der Waals surface area contributed by atoms with E-state index in [1.165, 1.54) is 12.8 Å². The van der Waals surface area contributed by atoms with Gasteiger partial charge < -0.3 is 5.32 Å². The van der Waals surface area contributed by atoms with Gasteiger partial charge in [0, 0.05) is 13.1 Å². The highest BCUT2D eigenvalue weighted by atomic mass is 14.9. The summed E-state index contributed by atoms with van der Waals surface area (Å²) in [6.45, 7) is 12.4. The lowest BCUT2D eigenvalue weighted by Crippen LogP contribution is -2.35. The fourth-order valence-electron chi connectivity index (χ4n) is 1.52. The zero-order chi connectivity index (χ0) is 11.2. The number of nitrogens with zero attached hydrogens (tertiary/aromatic N) is 1. The third-order valence-electron chi connectivity index (χ3n) is 2.40. The van der Waals surface area contributed by atoms with Crippen molar-refractivity contribution in [1.29, 1.82) is 5.26 Å². The average molecular weight is 196 g/mol. The monoisotopic (exact) mass is 196 g/mol. The number of nitrogens with one attached hydrogen (secondary N) is 1. The molecule has 0 rings (SSSR count). The Morgan fingerprint density at radius 2 is 1.71 bits per heavy atom. The molecule has 1 N–H and O–H groups in total. The minimum atomic E-state index is -0.248. The van der Waals surface area contributed by atoms with Crippen molar-refractivity contribution in [2.24, 2.45) is 10.8 Å². The highest BCUT2D eigenvalue weighted by Gasteiger charge is 2.20. The van der Waals surface area contributed by atoms with E-state index in [-0.39, 0.29) is 5.41 Å². The molecule has 0 spiro atoms. The second-order valence-electron chi connectivity index (χ2n) is 5.51. The Morgan fingerprint density at radius 1 is 1.14 bits per heavy atom. The van der Waals surface area contributed by atoms with Crippen molar-refractivity contribution in [1.82, 2.24) is 5.32 Å². The molecule has 0 aliphatic rings. The maximum absolute atomic E-state index is 8.84. The van der Waals surface area contributed by atoms with Crippen LogP contribution in [0.25, 0.3) is 0 Å². The van der Waals surface area contributed by atoms with E-state index in [0.717, 1.165) is 13.1 Å². The van der Waals surface area contributed by atoms with Gasteiger partial charge in [0.15, 0.2) is 0 Å². The number of rotatable bonds is 6. The van der Waals surface area contributed by atoms with Crippen molar-refractivity contribution in [3.05, 3.63) is 0 Å². The van der Waals surface area contributed by atoms with Crippen molar-refractivity contribution >= 4 is 0 Å². The SMILES string of the molecule is CCCC(C)(C)CNCC(C)(C)C#N. The Balaban J connectivity index is 3.80. The van der Waals surface area contributed by atoms with E-state index in [0.29, 0.717) is 5.41 Å². The van der Waals surface area contributed by atoms with Gasteiger partial charge in [-0.15, -0.1) is 0 Å². The Morgan fingerprint density at radius 3 is 2.14 bits per heavy atom. The van der Waals surface area contributed by atoms with Gasteiger partial charge >= 0.3 is 0 Å². The van der Waals surface area contributed by atoms with Crippen molar-refractivity contribution < 1.29 is 0 Å². The first kappa shape index (κ1) is 13.4. The Kier molecular flexibility index (Phi) is 5.15. The molecule has 0 saturated heterocycles. The first-order valence-corrected chi connectivity index (χ1v) is 5.45. The molecule has 0 amide bonds. The van der Waals surface area contributed by atoms with E-state index in [1.807, 2.05) is 13.8 Å². The van der Waals surface area contributed by atoms with Gasteiger partial charge in [-0.1, -0.05) is 27.2 Å². The highest BCUT2D eigenvalue weighted by molar-refractivity contribution is 4.93. The molecular weight excluding hydrogens is 172 g/mol. The largest absolute Gasteiger partial charge is 0.315 e. The molecular formula is C12H24N2. The molecule has 0 aliphatic carbocycles. The molecule has 0 saturated carbocycles. The summed E-state index contributed by atoms with van der Waals surface area (Å²) in [6.07, 6.45) is 2.45. The van der Waals surface area contributed by atoms with Gasteiger partial charge in [0.25, 0.3) is 0 Å². The fraction of sp³-hybridized carbons (Fsp3) is 0.917. The summed E-state index contributed by atoms with van der Waals surface area (Å²) in [6, 6.07) is 2.30. The van der Waals surface area contributed by atoms with Gasteiger partial charge in [0.2, 0.25) is 0 Å². The summed E-state index contributed by atoms with van der Waals surface area (Å²) in [7, 11) is 0. The Bertz CT molecular complexity index is 199. The molecule has 0 heterocycles. The molecule has 0 radical (unpaired) electrons. The topological polar surface area (TPSA) is 35.8 Å². The first-order valence-electron chi connectivity index (χ1n) is 5.45. The van der Waals surface area contributed by atoms with Gasteiger partial charge in [-0.3, -0.25) is 0 Å². The second kappa shape index (κ2) is 5.36. The molecule has 2 nitrogen and oxygen atoms in total. The van der Waals surface area contributed by atoms with Crippen LogP contribution in [-0.2, 0) is 0 Å². The number of hydrogen-bond donors (Lipinski definition) is 1. The number of nitriles is 1. The van der Waals surface area contributed by atoms with Crippen LogP contribution in [0.1, 0.15) is 47.5 Å². The van der Waals surface area contributed by atoms with Crippen molar-refractivity contribution in [2.45, 2.75) is 47.5 Å². The minimum Gasteiger partial charge on any atom is -0.315 e. The highest BCUT2D eigenvalue weighted by Crippen LogP contribution is 2.21. The van der Waals surface area contributed by atoms with Crippen molar-refractivity contribution in [2.75, 3.05) is 13.1 Å². The van der Waals surface area contributed by atoms with E-state index in [1.54, 1.807) is 0 Å². The van der Waals surface area contributed by atoms with Crippen LogP contribution in [0.3, 0.4) is 0 Å². The summed E-state index contributed by atoms with van der Waals surface area (Å²) in [5, 5.41) is 12.2. The summed E-state index contributed by atoms with van der Waals surface area (Å²) >= 11 is 0. The fourth-order valence-corrected chi connectivity index (χ4v) is 1.52. The van der Waals surface area contributed by atoms with Crippen molar-refractivity contribution in [3.8, 4) is 6.07 Å². The smallest absolute Gasteiger partial charge is 0.0697 e. The van der Waals surface area contributed by atoms with Crippen LogP contribution in [-0.4, -0.2) is 13.1 Å². The summed E-state index contributed by atoms with van der Waals surface area (Å²) in [5.74, 6) is 0. The molecule has 0 bridgehead atoms. The second-order valence-corrected chi connectivity index (χ2v) is 5.51. The Hall–Kier alpha value is -0.550. The lowest BCUT2D eigenvalue weighted by Gasteiger charge is -2.26. The Labute approximate surface area is 88.7 Å². The lowest BCUT2D eigenvalue weighted by molar-refractivity contribution is 0.295. The molecule has 14 heavy (non-hydrogen) atoms. The van der Waals surface area contributed by atoms with Crippen LogP contribution in [0, 0.1) is 22.2 Å². The first-order chi connectivity index (χ1) is 6.33. The summed E-state index contributed by atoms with van der Waals surface area (Å²) < 4.78 is 0. The van der Waals surface area contributed by atoms with Gasteiger partial charge in [0.05, 0.1) is 11.5 Å². The molecule has 0 aliphatic heterocycles. The molecule has 0 aromatic heterocycles. The van der Waals surface area contributed by atoms with Crippen LogP contribution < -0.4 is 5.32 Å². The van der Waals surface area contributed by atoms with Crippen LogP contribution in [0.15, 0.2) is 0 Å². The molecule has 0 atom stereocenters. The van der Waals surface area contributed by atoms with Crippen LogP contribution >= 0.6 is 0 Å². The molecule has 82 valence electrons. The maximum atomic E-state index is 8.84. The van der Waals surface area contributed by atoms with E-state index in [9.17, 15) is 0 Å². The zero-order valence-corrected chi connectivity index (χ0v) is 10.3. The molecule has 0 fully saturated rings. The summed E-state index contributed by atoms with van der Waals surface area (Å²) in [5.41, 5.74) is 0.0998. The third kappa shape index (κ3) is 5.99. The van der Waals surface area contributed by atoms with E-state index >= 15 is 0 Å². The molecule has 0 aromatic carbocycles. The lowest BCUT2D eigenvalue weighted by atomic mass is 9.87. The third-order valence-corrected chi connectivity index (χ3v) is 2.40. The minimum absolute atomic E-state index is 0.248. The van der Waals surface area contributed by atoms with Crippen LogP contribution in [0.5, 0.6) is 0 Å². The van der Waals surface area contributed by atoms with Crippen molar-refractivity contribution in [3.63, 3.8) is 0 Å². The number of hydrogen-bond acceptors (Lipinski definition) is 2. The van der Waals surface area contributed by atoms with Gasteiger partial charge in [-0.2, -0.15) is 5.26 Å². The van der Waals surface area contributed by atoms with Crippen LogP contribution in [0.2, 0.25) is 0 Å². The zero-order valence-electron chi connectivity index (χ0n) is 10.3. The van der Waals surface area contributed by atoms with Gasteiger partial charge in [0.1, 0.15) is 0 Å². The standard InChI is InChI=1S/C12H24N2/c1-6-7-11(2,3)9-14-10-12(4,5)8-13/h14H,6-7,9-10H2,1-5H3. The van der Waals surface area contributed by atoms with E-state index < -0.39 is 0 Å². The van der Waals surface area contributed by atoms with E-state index in [4.69, 9.17) is 5.26 Å². The van der Waals surface area contributed by atoms with Crippen LogP contribution in [0.4, 0.5) is 0 Å². The molecule has 0 unspecified atom stereocenters. The predicted octanol–water partition coefficient (Wildman–Crippen LogP) is 2.95. The average Bonchev–Trinajstić information content (AvgIpc) is 2.03. The predicted molar refractivity (Wildman–Crippen MR) is 61.0 cm³/mol. The molecule has 0 aromatic rings.